The number of halogens is 3. The van der Waals surface area contributed by atoms with Crippen molar-refractivity contribution in [2.75, 3.05) is 13.6 Å². The number of rotatable bonds is 0. The van der Waals surface area contributed by atoms with Gasteiger partial charge in [-0.1, -0.05) is 19.3 Å². The Balaban J connectivity index is 2.05. The monoisotopic (exact) mass is 221 g/mol. The van der Waals surface area contributed by atoms with Gasteiger partial charge in [0.1, 0.15) is 6.04 Å². The highest BCUT2D eigenvalue weighted by molar-refractivity contribution is 4.90. The van der Waals surface area contributed by atoms with Crippen molar-refractivity contribution in [3.8, 4) is 0 Å². The summed E-state index contributed by atoms with van der Waals surface area (Å²) in [4.78, 5) is 1.51. The molecule has 0 radical (unpaired) electrons. The van der Waals surface area contributed by atoms with Gasteiger partial charge < -0.3 is 0 Å². The van der Waals surface area contributed by atoms with Gasteiger partial charge in [-0.25, -0.2) is 0 Å². The summed E-state index contributed by atoms with van der Waals surface area (Å²) < 4.78 is 38.1. The Morgan fingerprint density at radius 2 is 1.67 bits per heavy atom. The summed E-state index contributed by atoms with van der Waals surface area (Å²) in [6.45, 7) is 0.634. The molecule has 3 atom stereocenters. The van der Waals surface area contributed by atoms with Crippen molar-refractivity contribution < 1.29 is 13.2 Å². The Labute approximate surface area is 88.6 Å². The van der Waals surface area contributed by atoms with Gasteiger partial charge in [0, 0.05) is 6.54 Å². The van der Waals surface area contributed by atoms with Crippen LogP contribution >= 0.6 is 0 Å². The van der Waals surface area contributed by atoms with Crippen LogP contribution in [0.25, 0.3) is 0 Å². The summed E-state index contributed by atoms with van der Waals surface area (Å²) >= 11 is 0. The van der Waals surface area contributed by atoms with Crippen LogP contribution in [-0.2, 0) is 0 Å². The fourth-order valence-corrected chi connectivity index (χ4v) is 3.18. The second-order valence-electron chi connectivity index (χ2n) is 5.04. The van der Waals surface area contributed by atoms with E-state index in [0.717, 1.165) is 19.3 Å². The molecule has 1 aliphatic carbocycles. The third-order valence-electron chi connectivity index (χ3n) is 4.02. The van der Waals surface area contributed by atoms with Crippen molar-refractivity contribution in [3.63, 3.8) is 0 Å². The molecular weight excluding hydrogens is 203 g/mol. The molecule has 3 unspecified atom stereocenters. The van der Waals surface area contributed by atoms with Gasteiger partial charge in [0.15, 0.2) is 0 Å². The van der Waals surface area contributed by atoms with Crippen LogP contribution in [-0.4, -0.2) is 30.7 Å². The molecular formula is C11H18F3N. The molecule has 1 saturated carbocycles. The van der Waals surface area contributed by atoms with E-state index in [2.05, 4.69) is 0 Å². The lowest BCUT2D eigenvalue weighted by molar-refractivity contribution is -0.198. The molecule has 1 nitrogen and oxygen atoms in total. The van der Waals surface area contributed by atoms with Gasteiger partial charge in [-0.15, -0.1) is 0 Å². The van der Waals surface area contributed by atoms with E-state index in [1.54, 1.807) is 7.05 Å². The summed E-state index contributed by atoms with van der Waals surface area (Å²) in [5.74, 6) is 0.837. The van der Waals surface area contributed by atoms with Crippen LogP contribution < -0.4 is 0 Å². The number of piperidine rings is 1. The first kappa shape index (κ1) is 11.2. The average molecular weight is 221 g/mol. The number of fused-ring (bicyclic) bond motifs is 1. The Morgan fingerprint density at radius 3 is 2.27 bits per heavy atom. The van der Waals surface area contributed by atoms with Crippen LogP contribution in [0, 0.1) is 11.8 Å². The largest absolute Gasteiger partial charge is 0.404 e. The van der Waals surface area contributed by atoms with E-state index in [4.69, 9.17) is 0 Å². The second-order valence-corrected chi connectivity index (χ2v) is 5.04. The first-order valence-corrected chi connectivity index (χ1v) is 5.75. The maximum absolute atomic E-state index is 12.7. The molecule has 2 aliphatic rings. The highest BCUT2D eigenvalue weighted by atomic mass is 19.4. The van der Waals surface area contributed by atoms with Crippen molar-refractivity contribution in [3.05, 3.63) is 0 Å². The standard InChI is InChI=1S/C11H18F3N/c1-15-7-9-5-3-2-4-8(9)6-10(15)11(12,13)14/h8-10H,2-7H2,1H3. The summed E-state index contributed by atoms with van der Waals surface area (Å²) in [5.41, 5.74) is 0. The minimum absolute atomic E-state index is 0.321. The van der Waals surface area contributed by atoms with Gasteiger partial charge in [-0.3, -0.25) is 4.90 Å². The first-order chi connectivity index (χ1) is 6.98. The zero-order chi connectivity index (χ0) is 11.1. The maximum atomic E-state index is 12.7. The van der Waals surface area contributed by atoms with Crippen LogP contribution in [0.4, 0.5) is 13.2 Å². The average Bonchev–Trinajstić information content (AvgIpc) is 2.15. The third kappa shape index (κ3) is 2.30. The van der Waals surface area contributed by atoms with Crippen LogP contribution in [0.1, 0.15) is 32.1 Å². The Morgan fingerprint density at radius 1 is 1.07 bits per heavy atom. The van der Waals surface area contributed by atoms with Gasteiger partial charge in [0.25, 0.3) is 0 Å². The summed E-state index contributed by atoms with van der Waals surface area (Å²) in [7, 11) is 1.61. The van der Waals surface area contributed by atoms with E-state index in [1.165, 1.54) is 11.3 Å². The highest BCUT2D eigenvalue weighted by Crippen LogP contribution is 2.42. The SMILES string of the molecule is CN1CC2CCCCC2CC1C(F)(F)F. The van der Waals surface area contributed by atoms with Crippen LogP contribution in [0.2, 0.25) is 0 Å². The van der Waals surface area contributed by atoms with Crippen molar-refractivity contribution in [2.24, 2.45) is 11.8 Å². The molecule has 1 heterocycles. The molecule has 4 heteroatoms. The molecule has 2 fully saturated rings. The Hall–Kier alpha value is -0.250. The van der Waals surface area contributed by atoms with Crippen molar-refractivity contribution >= 4 is 0 Å². The summed E-state index contributed by atoms with van der Waals surface area (Å²) in [6, 6.07) is -1.20. The number of alkyl halides is 3. The number of hydrogen-bond donors (Lipinski definition) is 0. The zero-order valence-electron chi connectivity index (χ0n) is 9.06. The summed E-state index contributed by atoms with van der Waals surface area (Å²) in [5, 5.41) is 0. The predicted octanol–water partition coefficient (Wildman–Crippen LogP) is 3.06. The second kappa shape index (κ2) is 3.96. The lowest BCUT2D eigenvalue weighted by Gasteiger charge is -2.45. The third-order valence-corrected chi connectivity index (χ3v) is 4.02. The number of likely N-dealkylation sites (tertiary alicyclic amines) is 1. The van der Waals surface area contributed by atoms with Gasteiger partial charge in [0.2, 0.25) is 0 Å². The minimum atomic E-state index is -4.04. The molecule has 0 amide bonds. The maximum Gasteiger partial charge on any atom is 0.404 e. The molecule has 1 aliphatic heterocycles. The normalized spacial score (nSPS) is 38.8. The van der Waals surface area contributed by atoms with E-state index in [9.17, 15) is 13.2 Å². The molecule has 15 heavy (non-hydrogen) atoms. The Kier molecular flexibility index (Phi) is 2.97. The van der Waals surface area contributed by atoms with Gasteiger partial charge in [-0.05, 0) is 31.7 Å². The molecule has 2 rings (SSSR count). The fourth-order valence-electron chi connectivity index (χ4n) is 3.18. The highest BCUT2D eigenvalue weighted by Gasteiger charge is 2.47. The van der Waals surface area contributed by atoms with Crippen LogP contribution in [0.5, 0.6) is 0 Å². The minimum Gasteiger partial charge on any atom is -0.295 e. The molecule has 0 bridgehead atoms. The van der Waals surface area contributed by atoms with Crippen molar-refractivity contribution in [1.82, 2.24) is 4.90 Å². The molecule has 0 N–H and O–H groups in total. The van der Waals surface area contributed by atoms with E-state index in [-0.39, 0.29) is 0 Å². The topological polar surface area (TPSA) is 3.24 Å². The lowest BCUT2D eigenvalue weighted by atomic mass is 9.73. The first-order valence-electron chi connectivity index (χ1n) is 5.75. The molecule has 0 aromatic rings. The fraction of sp³-hybridized carbons (Fsp3) is 1.00. The predicted molar refractivity (Wildman–Crippen MR) is 52.5 cm³/mol. The lowest BCUT2D eigenvalue weighted by Crippen LogP contribution is -2.52. The number of nitrogens with zero attached hydrogens (tertiary/aromatic N) is 1. The molecule has 88 valence electrons. The van der Waals surface area contributed by atoms with Gasteiger partial charge in [0.05, 0.1) is 0 Å². The zero-order valence-corrected chi connectivity index (χ0v) is 9.06. The van der Waals surface area contributed by atoms with Crippen molar-refractivity contribution in [2.45, 2.75) is 44.3 Å². The quantitative estimate of drug-likeness (QED) is 0.607. The van der Waals surface area contributed by atoms with Crippen LogP contribution in [0.3, 0.4) is 0 Å². The number of hydrogen-bond acceptors (Lipinski definition) is 1. The van der Waals surface area contributed by atoms with E-state index in [0.29, 0.717) is 24.8 Å². The van der Waals surface area contributed by atoms with E-state index in [1.807, 2.05) is 0 Å². The van der Waals surface area contributed by atoms with Crippen molar-refractivity contribution in [1.29, 1.82) is 0 Å². The van der Waals surface area contributed by atoms with Gasteiger partial charge >= 0.3 is 6.18 Å². The smallest absolute Gasteiger partial charge is 0.295 e. The molecule has 0 spiro atoms. The van der Waals surface area contributed by atoms with E-state index >= 15 is 0 Å². The summed E-state index contributed by atoms with van der Waals surface area (Å²) in [6.07, 6.45) is 0.730. The van der Waals surface area contributed by atoms with E-state index < -0.39 is 12.2 Å². The van der Waals surface area contributed by atoms with Crippen LogP contribution in [0.15, 0.2) is 0 Å². The van der Waals surface area contributed by atoms with Gasteiger partial charge in [-0.2, -0.15) is 13.2 Å². The molecule has 1 saturated heterocycles. The molecule has 0 aromatic heterocycles. The Bertz CT molecular complexity index is 226. The molecule has 0 aromatic carbocycles.